The number of benzene rings is 1. The molecule has 1 aromatic carbocycles. The molecular formula is C9H5N7O7. The minimum absolute atomic E-state index is 0.281. The number of nitro groups is 3. The summed E-state index contributed by atoms with van der Waals surface area (Å²) in [6.07, 6.45) is 1.09. The number of carbonyl (C=O) groups excluding carboxylic acids is 1. The van der Waals surface area contributed by atoms with Crippen LogP contribution < -0.4 is 5.32 Å². The lowest BCUT2D eigenvalue weighted by molar-refractivity contribution is -0.403. The number of aromatic amines is 1. The molecule has 0 aliphatic heterocycles. The number of anilines is 1. The molecule has 0 bridgehead atoms. The molecule has 0 aliphatic carbocycles. The SMILES string of the molecule is O=C(Nc1nc[nH]n1)c1c([N+](=O)[O-])cc([N+](=O)[O-])cc1[N+](=O)[O-]. The zero-order valence-corrected chi connectivity index (χ0v) is 10.8. The van der Waals surface area contributed by atoms with Crippen LogP contribution in [0.3, 0.4) is 0 Å². The van der Waals surface area contributed by atoms with Crippen molar-refractivity contribution in [1.29, 1.82) is 0 Å². The van der Waals surface area contributed by atoms with Crippen LogP contribution in [0.5, 0.6) is 0 Å². The van der Waals surface area contributed by atoms with Crippen molar-refractivity contribution in [3.05, 3.63) is 54.4 Å². The smallest absolute Gasteiger partial charge is 0.289 e. The Balaban J connectivity index is 2.63. The Morgan fingerprint density at radius 1 is 1.04 bits per heavy atom. The lowest BCUT2D eigenvalue weighted by Gasteiger charge is -2.04. The molecule has 0 aliphatic rings. The fourth-order valence-electron chi connectivity index (χ4n) is 1.66. The number of amides is 1. The van der Waals surface area contributed by atoms with Crippen molar-refractivity contribution < 1.29 is 19.6 Å². The van der Waals surface area contributed by atoms with Crippen molar-refractivity contribution in [3.63, 3.8) is 0 Å². The standard InChI is InChI=1S/C9H5N7O7/c17-8(12-9-10-3-11-13-9)7-5(15(20)21)1-4(14(18)19)2-6(7)16(22)23/h1-3H,(H2,10,11,12,13,17). The van der Waals surface area contributed by atoms with Gasteiger partial charge in [0.25, 0.3) is 23.0 Å². The lowest BCUT2D eigenvalue weighted by atomic mass is 10.1. The van der Waals surface area contributed by atoms with Crippen LogP contribution in [0.15, 0.2) is 18.5 Å². The van der Waals surface area contributed by atoms with Gasteiger partial charge in [-0.3, -0.25) is 45.6 Å². The number of nitrogens with one attached hydrogen (secondary N) is 2. The zero-order valence-electron chi connectivity index (χ0n) is 10.8. The molecule has 1 amide bonds. The molecule has 2 rings (SSSR count). The monoisotopic (exact) mass is 323 g/mol. The van der Waals surface area contributed by atoms with Gasteiger partial charge < -0.3 is 0 Å². The number of hydrogen-bond donors (Lipinski definition) is 2. The van der Waals surface area contributed by atoms with Gasteiger partial charge in [0.1, 0.15) is 6.33 Å². The average molecular weight is 323 g/mol. The fraction of sp³-hybridized carbons (Fsp3) is 0. The van der Waals surface area contributed by atoms with Crippen LogP contribution in [-0.4, -0.2) is 35.9 Å². The summed E-state index contributed by atoms with van der Waals surface area (Å²) < 4.78 is 0. The highest BCUT2D eigenvalue weighted by Gasteiger charge is 2.35. The summed E-state index contributed by atoms with van der Waals surface area (Å²) in [5.74, 6) is -1.53. The van der Waals surface area contributed by atoms with E-state index in [4.69, 9.17) is 0 Å². The van der Waals surface area contributed by atoms with E-state index >= 15 is 0 Å². The number of H-pyrrole nitrogens is 1. The Hall–Kier alpha value is -3.97. The first-order chi connectivity index (χ1) is 10.8. The van der Waals surface area contributed by atoms with E-state index in [1.165, 1.54) is 0 Å². The first-order valence-corrected chi connectivity index (χ1v) is 5.59. The van der Waals surface area contributed by atoms with E-state index in [1.54, 1.807) is 0 Å². The lowest BCUT2D eigenvalue weighted by Crippen LogP contribution is -2.17. The summed E-state index contributed by atoms with van der Waals surface area (Å²) >= 11 is 0. The predicted octanol–water partition coefficient (Wildman–Crippen LogP) is 0.782. The third-order valence-corrected chi connectivity index (χ3v) is 2.55. The van der Waals surface area contributed by atoms with Crippen LogP contribution >= 0.6 is 0 Å². The highest BCUT2D eigenvalue weighted by atomic mass is 16.6. The number of non-ortho nitro benzene ring substituents is 1. The molecule has 2 aromatic rings. The predicted molar refractivity (Wildman–Crippen MR) is 70.7 cm³/mol. The van der Waals surface area contributed by atoms with Crippen LogP contribution in [0.1, 0.15) is 10.4 Å². The molecule has 23 heavy (non-hydrogen) atoms. The fourth-order valence-corrected chi connectivity index (χ4v) is 1.66. The molecule has 14 heteroatoms. The third kappa shape index (κ3) is 3.04. The molecule has 118 valence electrons. The molecule has 0 spiro atoms. The van der Waals surface area contributed by atoms with Crippen molar-refractivity contribution >= 4 is 28.9 Å². The van der Waals surface area contributed by atoms with E-state index in [0.717, 1.165) is 6.33 Å². The van der Waals surface area contributed by atoms with E-state index < -0.39 is 43.3 Å². The maximum Gasteiger partial charge on any atom is 0.296 e. The van der Waals surface area contributed by atoms with Gasteiger partial charge in [-0.25, -0.2) is 4.98 Å². The van der Waals surface area contributed by atoms with E-state index in [0.29, 0.717) is 12.1 Å². The molecule has 0 saturated heterocycles. The van der Waals surface area contributed by atoms with E-state index in [2.05, 4.69) is 15.2 Å². The molecule has 2 N–H and O–H groups in total. The number of nitrogens with zero attached hydrogens (tertiary/aromatic N) is 5. The first-order valence-electron chi connectivity index (χ1n) is 5.59. The Kier molecular flexibility index (Phi) is 3.89. The Morgan fingerprint density at radius 2 is 1.61 bits per heavy atom. The average Bonchev–Trinajstić information content (AvgIpc) is 2.98. The van der Waals surface area contributed by atoms with Gasteiger partial charge in [0, 0.05) is 0 Å². The van der Waals surface area contributed by atoms with Crippen molar-refractivity contribution in [3.8, 4) is 0 Å². The quantitative estimate of drug-likeness (QED) is 0.588. The van der Waals surface area contributed by atoms with Crippen LogP contribution in [0.4, 0.5) is 23.0 Å². The maximum absolute atomic E-state index is 12.1. The summed E-state index contributed by atoms with van der Waals surface area (Å²) in [7, 11) is 0. The van der Waals surface area contributed by atoms with Crippen molar-refractivity contribution in [1.82, 2.24) is 15.2 Å². The van der Waals surface area contributed by atoms with Gasteiger partial charge in [0.05, 0.1) is 26.9 Å². The number of carbonyl (C=O) groups is 1. The molecule has 1 heterocycles. The van der Waals surface area contributed by atoms with E-state index in [9.17, 15) is 35.1 Å². The number of hydrogen-bond acceptors (Lipinski definition) is 9. The summed E-state index contributed by atoms with van der Waals surface area (Å²) in [5.41, 5.74) is -4.01. The molecular weight excluding hydrogens is 318 g/mol. The highest BCUT2D eigenvalue weighted by Crippen LogP contribution is 2.33. The Morgan fingerprint density at radius 3 is 2.00 bits per heavy atom. The van der Waals surface area contributed by atoms with Crippen LogP contribution in [-0.2, 0) is 0 Å². The summed E-state index contributed by atoms with van der Waals surface area (Å²) in [5, 5.41) is 40.5. The second-order valence-corrected chi connectivity index (χ2v) is 3.91. The molecule has 0 radical (unpaired) electrons. The molecule has 0 saturated carbocycles. The van der Waals surface area contributed by atoms with Crippen molar-refractivity contribution in [2.45, 2.75) is 0 Å². The molecule has 14 nitrogen and oxygen atoms in total. The number of nitro benzene ring substituents is 3. The van der Waals surface area contributed by atoms with Crippen molar-refractivity contribution in [2.75, 3.05) is 5.32 Å². The molecule has 0 fully saturated rings. The minimum Gasteiger partial charge on any atom is -0.289 e. The second-order valence-electron chi connectivity index (χ2n) is 3.91. The van der Waals surface area contributed by atoms with Gasteiger partial charge in [-0.2, -0.15) is 0 Å². The van der Waals surface area contributed by atoms with E-state index in [1.807, 2.05) is 5.32 Å². The van der Waals surface area contributed by atoms with Crippen LogP contribution in [0, 0.1) is 30.3 Å². The summed E-state index contributed by atoms with van der Waals surface area (Å²) in [6.45, 7) is 0. The van der Waals surface area contributed by atoms with Crippen LogP contribution in [0.2, 0.25) is 0 Å². The summed E-state index contributed by atoms with van der Waals surface area (Å²) in [4.78, 5) is 45.0. The largest absolute Gasteiger partial charge is 0.296 e. The topological polar surface area (TPSA) is 200 Å². The summed E-state index contributed by atoms with van der Waals surface area (Å²) in [6, 6.07) is 0.916. The number of aromatic nitrogens is 3. The first kappa shape index (κ1) is 15.4. The minimum atomic E-state index is -1.25. The van der Waals surface area contributed by atoms with Gasteiger partial charge >= 0.3 is 0 Å². The maximum atomic E-state index is 12.1. The Labute approximate surface area is 124 Å². The number of rotatable bonds is 5. The zero-order chi connectivity index (χ0) is 17.1. The van der Waals surface area contributed by atoms with Crippen LogP contribution in [0.25, 0.3) is 0 Å². The third-order valence-electron chi connectivity index (χ3n) is 2.55. The molecule has 1 aromatic heterocycles. The van der Waals surface area contributed by atoms with Gasteiger partial charge in [0.2, 0.25) is 5.95 Å². The van der Waals surface area contributed by atoms with Crippen molar-refractivity contribution in [2.24, 2.45) is 0 Å². The second kappa shape index (κ2) is 5.80. The van der Waals surface area contributed by atoms with Gasteiger partial charge in [-0.05, 0) is 0 Å². The molecule has 0 unspecified atom stereocenters. The van der Waals surface area contributed by atoms with Gasteiger partial charge in [0.15, 0.2) is 5.56 Å². The normalized spacial score (nSPS) is 10.1. The van der Waals surface area contributed by atoms with E-state index in [-0.39, 0.29) is 5.95 Å². The highest BCUT2D eigenvalue weighted by molar-refractivity contribution is 6.09. The Bertz CT molecular complexity index is 781. The molecule has 0 atom stereocenters. The van der Waals surface area contributed by atoms with Gasteiger partial charge in [-0.1, -0.05) is 0 Å². The van der Waals surface area contributed by atoms with Gasteiger partial charge in [-0.15, -0.1) is 5.10 Å².